The number of fused-ring (bicyclic) bond motifs is 1. The van der Waals surface area contributed by atoms with Gasteiger partial charge in [0.05, 0.1) is 21.2 Å². The number of hydrogen-bond donors (Lipinski definition) is 1. The first-order valence-electron chi connectivity index (χ1n) is 6.13. The standard InChI is InChI=1S/C15H8Cl2N2OS2/c1-2-5-21-15-18-13(20)12-9(7-22-14(12)19-15)8-3-4-10(16)11(17)6-8/h1,3-4,6-7H,5H2,(H,18,19,20). The molecule has 22 heavy (non-hydrogen) atoms. The van der Waals surface area contributed by atoms with Gasteiger partial charge in [-0.15, -0.1) is 17.8 Å². The van der Waals surface area contributed by atoms with Gasteiger partial charge in [-0.2, -0.15) is 0 Å². The second kappa shape index (κ2) is 6.35. The first-order valence-corrected chi connectivity index (χ1v) is 8.75. The summed E-state index contributed by atoms with van der Waals surface area (Å²) < 4.78 is 0. The van der Waals surface area contributed by atoms with E-state index >= 15 is 0 Å². The Morgan fingerprint density at radius 3 is 2.91 bits per heavy atom. The van der Waals surface area contributed by atoms with Gasteiger partial charge in [0.15, 0.2) is 5.16 Å². The maximum absolute atomic E-state index is 12.4. The molecule has 0 atom stereocenters. The quantitative estimate of drug-likeness (QED) is 0.415. The Hall–Kier alpha value is -1.45. The van der Waals surface area contributed by atoms with Crippen LogP contribution < -0.4 is 5.56 Å². The first-order chi connectivity index (χ1) is 10.6. The highest BCUT2D eigenvalue weighted by Crippen LogP contribution is 2.34. The van der Waals surface area contributed by atoms with Crippen molar-refractivity contribution in [2.45, 2.75) is 5.16 Å². The van der Waals surface area contributed by atoms with E-state index < -0.39 is 0 Å². The van der Waals surface area contributed by atoms with Crippen LogP contribution >= 0.6 is 46.3 Å². The summed E-state index contributed by atoms with van der Waals surface area (Å²) in [6.07, 6.45) is 5.22. The zero-order valence-corrected chi connectivity index (χ0v) is 14.2. The molecule has 0 saturated carbocycles. The van der Waals surface area contributed by atoms with Crippen LogP contribution in [0.1, 0.15) is 0 Å². The van der Waals surface area contributed by atoms with E-state index in [1.807, 2.05) is 11.4 Å². The van der Waals surface area contributed by atoms with E-state index in [0.717, 1.165) is 11.1 Å². The molecule has 2 heterocycles. The van der Waals surface area contributed by atoms with E-state index in [2.05, 4.69) is 15.9 Å². The van der Waals surface area contributed by atoms with Crippen LogP contribution in [0.4, 0.5) is 0 Å². The predicted molar refractivity (Wildman–Crippen MR) is 95.3 cm³/mol. The molecule has 3 aromatic rings. The van der Waals surface area contributed by atoms with Gasteiger partial charge in [-0.1, -0.05) is 47.0 Å². The van der Waals surface area contributed by atoms with Gasteiger partial charge in [0.1, 0.15) is 4.83 Å². The highest BCUT2D eigenvalue weighted by atomic mass is 35.5. The number of thiophene rings is 1. The zero-order valence-electron chi connectivity index (χ0n) is 11.0. The molecular weight excluding hydrogens is 359 g/mol. The minimum absolute atomic E-state index is 0.188. The fraction of sp³-hybridized carbons (Fsp3) is 0.0667. The van der Waals surface area contributed by atoms with Crippen LogP contribution in [0.15, 0.2) is 33.5 Å². The fourth-order valence-electron chi connectivity index (χ4n) is 1.98. The molecule has 0 aliphatic heterocycles. The van der Waals surface area contributed by atoms with E-state index in [1.165, 1.54) is 23.1 Å². The molecule has 2 aromatic heterocycles. The predicted octanol–water partition coefficient (Wildman–Crippen LogP) is 4.68. The minimum atomic E-state index is -0.188. The van der Waals surface area contributed by atoms with E-state index in [-0.39, 0.29) is 5.56 Å². The van der Waals surface area contributed by atoms with Crippen molar-refractivity contribution in [1.82, 2.24) is 9.97 Å². The summed E-state index contributed by atoms with van der Waals surface area (Å²) in [6, 6.07) is 5.28. The molecule has 110 valence electrons. The smallest absolute Gasteiger partial charge is 0.260 e. The number of terminal acetylenes is 1. The number of nitrogens with one attached hydrogen (secondary N) is 1. The van der Waals surface area contributed by atoms with Gasteiger partial charge in [0.2, 0.25) is 0 Å². The highest BCUT2D eigenvalue weighted by Gasteiger charge is 2.14. The molecule has 3 nitrogen and oxygen atoms in total. The Morgan fingerprint density at radius 1 is 1.36 bits per heavy atom. The van der Waals surface area contributed by atoms with Gasteiger partial charge >= 0.3 is 0 Å². The molecule has 3 rings (SSSR count). The van der Waals surface area contributed by atoms with E-state index in [4.69, 9.17) is 29.6 Å². The minimum Gasteiger partial charge on any atom is -0.301 e. The Bertz CT molecular complexity index is 956. The van der Waals surface area contributed by atoms with Gasteiger partial charge in [-0.25, -0.2) is 4.98 Å². The highest BCUT2D eigenvalue weighted by molar-refractivity contribution is 7.99. The Morgan fingerprint density at radius 2 is 2.18 bits per heavy atom. The molecule has 1 aromatic carbocycles. The summed E-state index contributed by atoms with van der Waals surface area (Å²) >= 11 is 14.7. The molecule has 7 heteroatoms. The van der Waals surface area contributed by atoms with Crippen LogP contribution in [0, 0.1) is 12.3 Å². The van der Waals surface area contributed by atoms with Gasteiger partial charge in [-0.05, 0) is 17.7 Å². The number of aromatic nitrogens is 2. The van der Waals surface area contributed by atoms with Gasteiger partial charge in [0.25, 0.3) is 5.56 Å². The zero-order chi connectivity index (χ0) is 15.7. The molecule has 0 aliphatic rings. The number of nitrogens with zero attached hydrogens (tertiary/aromatic N) is 1. The van der Waals surface area contributed by atoms with Crippen molar-refractivity contribution >= 4 is 56.5 Å². The Kier molecular flexibility index (Phi) is 4.46. The number of halogens is 2. The molecule has 0 radical (unpaired) electrons. The Balaban J connectivity index is 2.14. The number of benzene rings is 1. The van der Waals surface area contributed by atoms with E-state index in [1.54, 1.807) is 12.1 Å². The first kappa shape index (κ1) is 15.4. The van der Waals surface area contributed by atoms with Crippen LogP contribution in [0.25, 0.3) is 21.3 Å². The maximum Gasteiger partial charge on any atom is 0.260 e. The topological polar surface area (TPSA) is 45.8 Å². The number of rotatable bonds is 3. The SMILES string of the molecule is C#CCSc1nc2scc(-c3ccc(Cl)c(Cl)c3)c2c(=O)[nH]1. The monoisotopic (exact) mass is 366 g/mol. The third kappa shape index (κ3) is 2.88. The van der Waals surface area contributed by atoms with Gasteiger partial charge < -0.3 is 4.98 Å². The molecule has 1 N–H and O–H groups in total. The number of thioether (sulfide) groups is 1. The van der Waals surface area contributed by atoms with Crippen molar-refractivity contribution in [2.75, 3.05) is 5.75 Å². The van der Waals surface area contributed by atoms with Crippen molar-refractivity contribution < 1.29 is 0 Å². The van der Waals surface area contributed by atoms with Crippen molar-refractivity contribution in [3.8, 4) is 23.5 Å². The summed E-state index contributed by atoms with van der Waals surface area (Å²) in [5.74, 6) is 2.96. The summed E-state index contributed by atoms with van der Waals surface area (Å²) in [5, 5.41) is 3.89. The lowest BCUT2D eigenvalue weighted by Crippen LogP contribution is -2.08. The lowest BCUT2D eigenvalue weighted by atomic mass is 10.1. The van der Waals surface area contributed by atoms with Crippen LogP contribution in [0.5, 0.6) is 0 Å². The molecule has 0 bridgehead atoms. The second-order valence-corrected chi connectivity index (χ2v) is 6.96. The lowest BCUT2D eigenvalue weighted by molar-refractivity contribution is 0.983. The van der Waals surface area contributed by atoms with Crippen LogP contribution in [-0.4, -0.2) is 15.7 Å². The second-order valence-electron chi connectivity index (χ2n) is 4.32. The normalized spacial score (nSPS) is 10.8. The van der Waals surface area contributed by atoms with Crippen molar-refractivity contribution in [3.05, 3.63) is 44.0 Å². The Labute approximate surface area is 144 Å². The fourth-order valence-corrected chi connectivity index (χ4v) is 3.83. The van der Waals surface area contributed by atoms with Crippen molar-refractivity contribution in [1.29, 1.82) is 0 Å². The summed E-state index contributed by atoms with van der Waals surface area (Å²) in [6.45, 7) is 0. The van der Waals surface area contributed by atoms with Crippen molar-refractivity contribution in [2.24, 2.45) is 0 Å². The molecular formula is C15H8Cl2N2OS2. The average molecular weight is 367 g/mol. The van der Waals surface area contributed by atoms with Crippen LogP contribution in [0.3, 0.4) is 0 Å². The summed E-state index contributed by atoms with van der Waals surface area (Å²) in [7, 11) is 0. The third-order valence-electron chi connectivity index (χ3n) is 2.95. The number of aromatic amines is 1. The maximum atomic E-state index is 12.4. The molecule has 0 amide bonds. The molecule has 0 unspecified atom stereocenters. The molecule has 0 fully saturated rings. The number of H-pyrrole nitrogens is 1. The van der Waals surface area contributed by atoms with Gasteiger partial charge in [0, 0.05) is 10.9 Å². The third-order valence-corrected chi connectivity index (χ3v) is 5.33. The molecule has 0 aliphatic carbocycles. The van der Waals surface area contributed by atoms with Crippen LogP contribution in [0.2, 0.25) is 10.0 Å². The number of hydrogen-bond acceptors (Lipinski definition) is 4. The average Bonchev–Trinajstić information content (AvgIpc) is 2.92. The van der Waals surface area contributed by atoms with Gasteiger partial charge in [-0.3, -0.25) is 4.79 Å². The lowest BCUT2D eigenvalue weighted by Gasteiger charge is -2.02. The summed E-state index contributed by atoms with van der Waals surface area (Å²) in [5.41, 5.74) is 1.43. The van der Waals surface area contributed by atoms with E-state index in [9.17, 15) is 4.79 Å². The van der Waals surface area contributed by atoms with Crippen LogP contribution in [-0.2, 0) is 0 Å². The molecule has 0 saturated heterocycles. The summed E-state index contributed by atoms with van der Waals surface area (Å²) in [4.78, 5) is 20.2. The van der Waals surface area contributed by atoms with E-state index in [0.29, 0.717) is 31.2 Å². The molecule has 0 spiro atoms. The largest absolute Gasteiger partial charge is 0.301 e. The van der Waals surface area contributed by atoms with Crippen molar-refractivity contribution in [3.63, 3.8) is 0 Å².